The average Bonchev–Trinajstić information content (AvgIpc) is 2.76. The van der Waals surface area contributed by atoms with Crippen molar-refractivity contribution in [2.45, 2.75) is 0 Å². The van der Waals surface area contributed by atoms with Crippen LogP contribution in [-0.4, -0.2) is 9.55 Å². The van der Waals surface area contributed by atoms with Crippen LogP contribution in [0.15, 0.2) is 36.4 Å². The van der Waals surface area contributed by atoms with Crippen molar-refractivity contribution in [2.75, 3.05) is 0 Å². The molecule has 0 aliphatic heterocycles. The van der Waals surface area contributed by atoms with E-state index >= 15 is 0 Å². The van der Waals surface area contributed by atoms with Crippen LogP contribution >= 0.6 is 22.6 Å². The molecule has 5 heteroatoms. The Hall–Kier alpha value is -1.94. The van der Waals surface area contributed by atoms with E-state index in [0.29, 0.717) is 5.56 Å². The van der Waals surface area contributed by atoms with Crippen LogP contribution < -0.4 is 0 Å². The predicted molar refractivity (Wildman–Crippen MR) is 83.5 cm³/mol. The van der Waals surface area contributed by atoms with Gasteiger partial charge >= 0.3 is 0 Å². The van der Waals surface area contributed by atoms with E-state index in [1.54, 1.807) is 12.1 Å². The smallest absolute Gasteiger partial charge is 0.141 e. The van der Waals surface area contributed by atoms with Gasteiger partial charge in [-0.2, -0.15) is 5.26 Å². The van der Waals surface area contributed by atoms with Gasteiger partial charge in [0.25, 0.3) is 0 Å². The summed E-state index contributed by atoms with van der Waals surface area (Å²) >= 11 is 2.10. The zero-order valence-corrected chi connectivity index (χ0v) is 12.7. The number of aryl methyl sites for hydroxylation is 1. The van der Waals surface area contributed by atoms with E-state index in [1.165, 1.54) is 12.1 Å². The van der Waals surface area contributed by atoms with Crippen LogP contribution in [-0.2, 0) is 7.05 Å². The first-order chi connectivity index (χ1) is 9.60. The number of rotatable bonds is 1. The van der Waals surface area contributed by atoms with Gasteiger partial charge in [-0.15, -0.1) is 0 Å². The van der Waals surface area contributed by atoms with Crippen LogP contribution in [0, 0.1) is 20.7 Å². The van der Waals surface area contributed by atoms with Crippen LogP contribution in [0.4, 0.5) is 4.39 Å². The molecular weight excluding hydrogens is 368 g/mol. The molecule has 0 saturated heterocycles. The second-order valence-electron chi connectivity index (χ2n) is 4.43. The van der Waals surface area contributed by atoms with Crippen LogP contribution in [0.1, 0.15) is 5.56 Å². The standard InChI is InChI=1S/C15H9FIN3/c1-20-14-6-9(8-18)2-5-13(14)19-15(20)11-4-3-10(16)7-12(11)17/h2-7H,1H3. The molecule has 0 aliphatic carbocycles. The Morgan fingerprint density at radius 2 is 2.05 bits per heavy atom. The fourth-order valence-electron chi connectivity index (χ4n) is 2.17. The third kappa shape index (κ3) is 2.06. The summed E-state index contributed by atoms with van der Waals surface area (Å²) in [6.45, 7) is 0. The van der Waals surface area contributed by atoms with Gasteiger partial charge < -0.3 is 4.57 Å². The van der Waals surface area contributed by atoms with Gasteiger partial charge in [-0.25, -0.2) is 9.37 Å². The summed E-state index contributed by atoms with van der Waals surface area (Å²) in [6.07, 6.45) is 0. The molecule has 2 aromatic carbocycles. The first kappa shape index (κ1) is 13.1. The second kappa shape index (κ2) is 4.87. The number of halogens is 2. The first-order valence-electron chi connectivity index (χ1n) is 5.92. The van der Waals surface area contributed by atoms with E-state index in [-0.39, 0.29) is 5.82 Å². The first-order valence-corrected chi connectivity index (χ1v) is 7.00. The molecule has 0 unspecified atom stereocenters. The number of imidazole rings is 1. The van der Waals surface area contributed by atoms with Crippen molar-refractivity contribution in [3.8, 4) is 17.5 Å². The summed E-state index contributed by atoms with van der Waals surface area (Å²) < 4.78 is 15.9. The van der Waals surface area contributed by atoms with Gasteiger partial charge in [0, 0.05) is 16.2 Å². The molecule has 0 N–H and O–H groups in total. The Morgan fingerprint density at radius 3 is 2.75 bits per heavy atom. The Bertz CT molecular complexity index is 861. The highest BCUT2D eigenvalue weighted by molar-refractivity contribution is 14.1. The number of aromatic nitrogens is 2. The van der Waals surface area contributed by atoms with E-state index in [0.717, 1.165) is 26.0 Å². The topological polar surface area (TPSA) is 41.6 Å². The maximum atomic E-state index is 13.2. The minimum absolute atomic E-state index is 0.260. The Morgan fingerprint density at radius 1 is 1.25 bits per heavy atom. The van der Waals surface area contributed by atoms with E-state index in [9.17, 15) is 4.39 Å². The minimum Gasteiger partial charge on any atom is -0.327 e. The highest BCUT2D eigenvalue weighted by Gasteiger charge is 2.13. The van der Waals surface area contributed by atoms with E-state index < -0.39 is 0 Å². The molecule has 1 heterocycles. The molecule has 0 amide bonds. The van der Waals surface area contributed by atoms with Crippen molar-refractivity contribution in [2.24, 2.45) is 7.05 Å². The maximum absolute atomic E-state index is 13.2. The lowest BCUT2D eigenvalue weighted by Crippen LogP contribution is -1.95. The molecule has 0 saturated carbocycles. The highest BCUT2D eigenvalue weighted by atomic mass is 127. The van der Waals surface area contributed by atoms with Crippen LogP contribution in [0.3, 0.4) is 0 Å². The summed E-state index contributed by atoms with van der Waals surface area (Å²) in [5.41, 5.74) is 3.19. The van der Waals surface area contributed by atoms with E-state index in [1.807, 2.05) is 23.7 Å². The van der Waals surface area contributed by atoms with Crippen LogP contribution in [0.25, 0.3) is 22.4 Å². The van der Waals surface area contributed by atoms with Crippen molar-refractivity contribution in [1.82, 2.24) is 9.55 Å². The molecule has 3 aromatic rings. The Kier molecular flexibility index (Phi) is 3.18. The summed E-state index contributed by atoms with van der Waals surface area (Å²) in [7, 11) is 1.89. The largest absolute Gasteiger partial charge is 0.327 e. The van der Waals surface area contributed by atoms with Crippen molar-refractivity contribution in [3.05, 3.63) is 51.3 Å². The Balaban J connectivity index is 2.27. The number of hydrogen-bond acceptors (Lipinski definition) is 2. The molecular formula is C15H9FIN3. The lowest BCUT2D eigenvalue weighted by atomic mass is 10.2. The fourth-order valence-corrected chi connectivity index (χ4v) is 2.89. The van der Waals surface area contributed by atoms with Crippen molar-refractivity contribution in [3.63, 3.8) is 0 Å². The van der Waals surface area contributed by atoms with Gasteiger partial charge in [-0.3, -0.25) is 0 Å². The van der Waals surface area contributed by atoms with Gasteiger partial charge in [0.15, 0.2) is 0 Å². The summed E-state index contributed by atoms with van der Waals surface area (Å²) in [5, 5.41) is 8.96. The molecule has 3 nitrogen and oxygen atoms in total. The third-order valence-electron chi connectivity index (χ3n) is 3.18. The molecule has 20 heavy (non-hydrogen) atoms. The molecule has 0 spiro atoms. The monoisotopic (exact) mass is 377 g/mol. The molecule has 3 rings (SSSR count). The van der Waals surface area contributed by atoms with Gasteiger partial charge in [0.1, 0.15) is 11.6 Å². The zero-order valence-electron chi connectivity index (χ0n) is 10.6. The van der Waals surface area contributed by atoms with Gasteiger partial charge in [-0.05, 0) is 59.0 Å². The Labute approximate surface area is 128 Å². The number of nitrogens with zero attached hydrogens (tertiary/aromatic N) is 3. The van der Waals surface area contributed by atoms with E-state index in [2.05, 4.69) is 33.6 Å². The van der Waals surface area contributed by atoms with Gasteiger partial charge in [0.05, 0.1) is 22.7 Å². The number of benzene rings is 2. The maximum Gasteiger partial charge on any atom is 0.141 e. The lowest BCUT2D eigenvalue weighted by molar-refractivity contribution is 0.627. The highest BCUT2D eigenvalue weighted by Crippen LogP contribution is 2.28. The molecule has 0 atom stereocenters. The average molecular weight is 377 g/mol. The van der Waals surface area contributed by atoms with Crippen molar-refractivity contribution < 1.29 is 4.39 Å². The summed E-state index contributed by atoms with van der Waals surface area (Å²) in [5.74, 6) is 0.503. The minimum atomic E-state index is -0.260. The van der Waals surface area contributed by atoms with Crippen molar-refractivity contribution >= 4 is 33.6 Å². The van der Waals surface area contributed by atoms with Gasteiger partial charge in [-0.1, -0.05) is 0 Å². The van der Waals surface area contributed by atoms with Gasteiger partial charge in [0.2, 0.25) is 0 Å². The number of nitriles is 1. The fraction of sp³-hybridized carbons (Fsp3) is 0.0667. The molecule has 0 radical (unpaired) electrons. The molecule has 0 fully saturated rings. The second-order valence-corrected chi connectivity index (χ2v) is 5.60. The molecule has 0 bridgehead atoms. The van der Waals surface area contributed by atoms with E-state index in [4.69, 9.17) is 5.26 Å². The third-order valence-corrected chi connectivity index (χ3v) is 4.07. The molecule has 1 aromatic heterocycles. The summed E-state index contributed by atoms with van der Waals surface area (Å²) in [4.78, 5) is 4.57. The molecule has 0 aliphatic rings. The van der Waals surface area contributed by atoms with Crippen LogP contribution in [0.5, 0.6) is 0 Å². The van der Waals surface area contributed by atoms with Crippen LogP contribution in [0.2, 0.25) is 0 Å². The normalized spacial score (nSPS) is 10.7. The SMILES string of the molecule is Cn1c(-c2ccc(F)cc2I)nc2ccc(C#N)cc21. The lowest BCUT2D eigenvalue weighted by Gasteiger charge is -2.05. The van der Waals surface area contributed by atoms with Crippen molar-refractivity contribution in [1.29, 1.82) is 5.26 Å². The quantitative estimate of drug-likeness (QED) is 0.605. The zero-order chi connectivity index (χ0) is 14.3. The number of fused-ring (bicyclic) bond motifs is 1. The summed E-state index contributed by atoms with van der Waals surface area (Å²) in [6, 6.07) is 12.1. The molecule has 98 valence electrons. The number of hydrogen-bond donors (Lipinski definition) is 0. The predicted octanol–water partition coefficient (Wildman–Crippen LogP) is 3.86.